The molecule has 0 unspecified atom stereocenters. The zero-order valence-electron chi connectivity index (χ0n) is 8.32. The number of aromatic carboxylic acids is 1. The third kappa shape index (κ3) is 8.03. The second kappa shape index (κ2) is 7.13. The molecular formula is C10H13NaO2. The van der Waals surface area contributed by atoms with Gasteiger partial charge in [0.2, 0.25) is 0 Å². The summed E-state index contributed by atoms with van der Waals surface area (Å²) in [5.41, 5.74) is 0.331. The molecule has 0 saturated carbocycles. The van der Waals surface area contributed by atoms with Crippen molar-refractivity contribution in [1.82, 2.24) is 0 Å². The van der Waals surface area contributed by atoms with E-state index in [1.54, 1.807) is 30.3 Å². The summed E-state index contributed by atoms with van der Waals surface area (Å²) in [6.45, 7) is 4.46. The Hall–Kier alpha value is -0.310. The summed E-state index contributed by atoms with van der Waals surface area (Å²) in [5.74, 6) is -0.879. The first-order valence-corrected chi connectivity index (χ1v) is 5.48. The van der Waals surface area contributed by atoms with Crippen molar-refractivity contribution in [3.05, 3.63) is 35.9 Å². The molecule has 0 aliphatic heterocycles. The Morgan fingerprint density at radius 2 is 1.69 bits per heavy atom. The van der Waals surface area contributed by atoms with E-state index >= 15 is 0 Å². The molecule has 1 N–H and O–H groups in total. The van der Waals surface area contributed by atoms with Crippen molar-refractivity contribution in [2.75, 3.05) is 0 Å². The Bertz CT molecular complexity index is 242. The molecule has 0 aliphatic carbocycles. The molecule has 1 aromatic carbocycles. The summed E-state index contributed by atoms with van der Waals surface area (Å²) >= 11 is 1.35. The fraction of sp³-hybridized carbons (Fsp3) is 0.300. The van der Waals surface area contributed by atoms with Gasteiger partial charge in [-0.05, 0) is 12.1 Å². The van der Waals surface area contributed by atoms with Gasteiger partial charge in [0, 0.05) is 0 Å². The maximum absolute atomic E-state index is 10.2. The zero-order valence-corrected chi connectivity index (χ0v) is 10.3. The molecule has 0 aliphatic rings. The molecule has 0 bridgehead atoms. The third-order valence-electron chi connectivity index (χ3n) is 1.02. The van der Waals surface area contributed by atoms with Crippen LogP contribution in [0.5, 0.6) is 0 Å². The van der Waals surface area contributed by atoms with Crippen LogP contribution in [0.25, 0.3) is 0 Å². The topological polar surface area (TPSA) is 37.3 Å². The molecule has 0 aromatic heterocycles. The van der Waals surface area contributed by atoms with Crippen LogP contribution < -0.4 is 0 Å². The van der Waals surface area contributed by atoms with Gasteiger partial charge in [-0.1, -0.05) is 18.2 Å². The molecule has 13 heavy (non-hydrogen) atoms. The van der Waals surface area contributed by atoms with Gasteiger partial charge in [-0.25, -0.2) is 4.79 Å². The number of hydrogen-bond acceptors (Lipinski definition) is 1. The van der Waals surface area contributed by atoms with Crippen molar-refractivity contribution in [3.8, 4) is 0 Å². The SMILES string of the molecule is C[CH](C)[Na].O=C(O)c1ccccc1. The van der Waals surface area contributed by atoms with Gasteiger partial charge in [-0.3, -0.25) is 0 Å². The third-order valence-corrected chi connectivity index (χ3v) is 1.02. The molecule has 1 rings (SSSR count). The molecule has 3 heteroatoms. The molecule has 66 valence electrons. The van der Waals surface area contributed by atoms with E-state index < -0.39 is 5.97 Å². The van der Waals surface area contributed by atoms with E-state index in [2.05, 4.69) is 13.8 Å². The van der Waals surface area contributed by atoms with Gasteiger partial charge in [0.1, 0.15) is 0 Å². The van der Waals surface area contributed by atoms with Gasteiger partial charge in [-0.15, -0.1) is 0 Å². The number of carboxylic acid groups (broad SMARTS) is 1. The number of carbonyl (C=O) groups is 1. The van der Waals surface area contributed by atoms with Crippen molar-refractivity contribution in [2.45, 2.75) is 17.0 Å². The molecule has 0 fully saturated rings. The molecular weight excluding hydrogens is 175 g/mol. The quantitative estimate of drug-likeness (QED) is 0.687. The van der Waals surface area contributed by atoms with Gasteiger partial charge < -0.3 is 5.11 Å². The Kier molecular flexibility index (Phi) is 6.96. The Labute approximate surface area is 96.4 Å². The summed E-state index contributed by atoms with van der Waals surface area (Å²) < 4.78 is 0.972. The van der Waals surface area contributed by atoms with E-state index in [0.717, 1.165) is 3.17 Å². The summed E-state index contributed by atoms with van der Waals surface area (Å²) in [6.07, 6.45) is 0. The van der Waals surface area contributed by atoms with E-state index in [-0.39, 0.29) is 0 Å². The van der Waals surface area contributed by atoms with Gasteiger partial charge in [0.15, 0.2) is 0 Å². The fourth-order valence-corrected chi connectivity index (χ4v) is 0.581. The van der Waals surface area contributed by atoms with Crippen LogP contribution in [0, 0.1) is 0 Å². The van der Waals surface area contributed by atoms with Crippen molar-refractivity contribution in [3.63, 3.8) is 0 Å². The smallest absolute Gasteiger partial charge is 0.335 e. The normalized spacial score (nSPS) is 9.00. The van der Waals surface area contributed by atoms with E-state index in [0.29, 0.717) is 5.56 Å². The Morgan fingerprint density at radius 3 is 1.92 bits per heavy atom. The average Bonchev–Trinajstić information content (AvgIpc) is 2.05. The Morgan fingerprint density at radius 1 is 1.31 bits per heavy atom. The first-order chi connectivity index (χ1) is 6.04. The molecule has 0 atom stereocenters. The summed E-state index contributed by atoms with van der Waals surface area (Å²) in [4.78, 5) is 10.2. The standard InChI is InChI=1S/C7H6O2.C3H7.Na/c8-7(9)6-4-2-1-3-5-6;1-3-2;/h1-5H,(H,8,9);3H,1-2H3;. The first-order valence-electron chi connectivity index (χ1n) is 4.32. The van der Waals surface area contributed by atoms with E-state index in [9.17, 15) is 4.79 Å². The minimum absolute atomic E-state index is 0.331. The van der Waals surface area contributed by atoms with Gasteiger partial charge >= 0.3 is 50.9 Å². The van der Waals surface area contributed by atoms with Crippen molar-refractivity contribution < 1.29 is 9.90 Å². The van der Waals surface area contributed by atoms with Crippen LogP contribution in [0.1, 0.15) is 24.2 Å². The van der Waals surface area contributed by atoms with Crippen LogP contribution in [0.3, 0.4) is 0 Å². The fourth-order valence-electron chi connectivity index (χ4n) is 0.581. The number of carboxylic acids is 1. The predicted molar refractivity (Wildman–Crippen MR) is 54.3 cm³/mol. The molecule has 2 nitrogen and oxygen atoms in total. The summed E-state index contributed by atoms with van der Waals surface area (Å²) in [7, 11) is 0. The second-order valence-corrected chi connectivity index (χ2v) is 5.71. The van der Waals surface area contributed by atoms with Crippen molar-refractivity contribution >= 4 is 33.9 Å². The molecule has 0 radical (unpaired) electrons. The Balaban J connectivity index is 0.000000310. The molecule has 0 heterocycles. The van der Waals surface area contributed by atoms with Crippen LogP contribution in [0.15, 0.2) is 30.3 Å². The minimum Gasteiger partial charge on any atom is -0.478 e. The van der Waals surface area contributed by atoms with Crippen LogP contribution in [-0.2, 0) is 0 Å². The number of benzene rings is 1. The van der Waals surface area contributed by atoms with Crippen LogP contribution >= 0.6 is 0 Å². The minimum atomic E-state index is -0.879. The van der Waals surface area contributed by atoms with E-state index in [1.165, 1.54) is 27.9 Å². The number of rotatable bonds is 1. The number of hydrogen-bond donors (Lipinski definition) is 1. The zero-order chi connectivity index (χ0) is 10.3. The van der Waals surface area contributed by atoms with E-state index in [1.807, 2.05) is 0 Å². The maximum Gasteiger partial charge on any atom is 0.335 e. The predicted octanol–water partition coefficient (Wildman–Crippen LogP) is 2.37. The van der Waals surface area contributed by atoms with Crippen LogP contribution in [-0.4, -0.2) is 39.0 Å². The second-order valence-electron chi connectivity index (χ2n) is 3.40. The van der Waals surface area contributed by atoms with E-state index in [4.69, 9.17) is 5.11 Å². The maximum atomic E-state index is 10.2. The van der Waals surface area contributed by atoms with Crippen LogP contribution in [0.2, 0.25) is 3.17 Å². The van der Waals surface area contributed by atoms with Gasteiger partial charge in [-0.2, -0.15) is 0 Å². The monoisotopic (exact) mass is 188 g/mol. The van der Waals surface area contributed by atoms with Crippen LogP contribution in [0.4, 0.5) is 0 Å². The average molecular weight is 188 g/mol. The molecule has 1 aromatic rings. The van der Waals surface area contributed by atoms with Crippen molar-refractivity contribution in [1.29, 1.82) is 0 Å². The summed E-state index contributed by atoms with van der Waals surface area (Å²) in [6, 6.07) is 8.30. The molecule has 0 spiro atoms. The van der Waals surface area contributed by atoms with Crippen molar-refractivity contribution in [2.24, 2.45) is 0 Å². The first kappa shape index (κ1) is 12.7. The van der Waals surface area contributed by atoms with Gasteiger partial charge in [0.25, 0.3) is 0 Å². The molecule has 0 amide bonds. The molecule has 0 saturated heterocycles. The van der Waals surface area contributed by atoms with Gasteiger partial charge in [0.05, 0.1) is 5.56 Å². The largest absolute Gasteiger partial charge is 0.478 e. The summed E-state index contributed by atoms with van der Waals surface area (Å²) in [5, 5.41) is 8.38.